The Labute approximate surface area is 175 Å². The van der Waals surface area contributed by atoms with Gasteiger partial charge in [-0.2, -0.15) is 5.10 Å². The van der Waals surface area contributed by atoms with E-state index in [4.69, 9.17) is 9.73 Å². The van der Waals surface area contributed by atoms with Gasteiger partial charge in [0.25, 0.3) is 0 Å². The van der Waals surface area contributed by atoms with Crippen LogP contribution >= 0.6 is 0 Å². The number of ether oxygens (including phenoxy) is 1. The zero-order chi connectivity index (χ0) is 19.9. The number of rotatable bonds is 4. The minimum Gasteiger partial charge on any atom is -0.378 e. The molecular weight excluding hydrogens is 378 g/mol. The maximum atomic E-state index is 5.50. The van der Waals surface area contributed by atoms with E-state index in [1.165, 1.54) is 29.9 Å². The predicted octanol–water partition coefficient (Wildman–Crippen LogP) is 2.92. The Morgan fingerprint density at radius 2 is 1.87 bits per heavy atom. The summed E-state index contributed by atoms with van der Waals surface area (Å²) < 4.78 is 7.59. The van der Waals surface area contributed by atoms with Crippen molar-refractivity contribution in [1.82, 2.24) is 19.7 Å². The molecule has 2 aliphatic heterocycles. The third kappa shape index (κ3) is 3.37. The van der Waals surface area contributed by atoms with Gasteiger partial charge < -0.3 is 14.5 Å². The number of fused-ring (bicyclic) bond motifs is 1. The molecule has 8 nitrogen and oxygen atoms in total. The first-order valence-corrected chi connectivity index (χ1v) is 10.7. The minimum atomic E-state index is 0.640. The van der Waals surface area contributed by atoms with Gasteiger partial charge in [0.1, 0.15) is 11.7 Å². The molecule has 6 rings (SSSR count). The summed E-state index contributed by atoms with van der Waals surface area (Å²) in [5, 5.41) is 7.57. The molecule has 3 aromatic rings. The van der Waals surface area contributed by atoms with Gasteiger partial charge in [0.2, 0.25) is 0 Å². The van der Waals surface area contributed by atoms with E-state index in [-0.39, 0.29) is 0 Å². The van der Waals surface area contributed by atoms with Crippen molar-refractivity contribution in [3.63, 3.8) is 0 Å². The molecule has 1 aromatic carbocycles. The fourth-order valence-corrected chi connectivity index (χ4v) is 4.26. The van der Waals surface area contributed by atoms with E-state index in [9.17, 15) is 0 Å². The van der Waals surface area contributed by atoms with Crippen LogP contribution in [0.2, 0.25) is 0 Å². The molecule has 1 N–H and O–H groups in total. The number of aromatic amines is 1. The van der Waals surface area contributed by atoms with Gasteiger partial charge in [-0.25, -0.2) is 9.98 Å². The molecule has 3 aliphatic rings. The van der Waals surface area contributed by atoms with Crippen molar-refractivity contribution in [2.45, 2.75) is 25.3 Å². The molecule has 0 spiro atoms. The van der Waals surface area contributed by atoms with E-state index in [1.807, 2.05) is 12.4 Å². The lowest BCUT2D eigenvalue weighted by Crippen LogP contribution is -2.40. The quantitative estimate of drug-likeness (QED) is 0.725. The Morgan fingerprint density at radius 1 is 1.03 bits per heavy atom. The van der Waals surface area contributed by atoms with Crippen molar-refractivity contribution < 1.29 is 4.74 Å². The molecule has 0 atom stereocenters. The largest absolute Gasteiger partial charge is 0.378 e. The summed E-state index contributed by atoms with van der Waals surface area (Å²) in [6, 6.07) is 10.8. The van der Waals surface area contributed by atoms with Crippen molar-refractivity contribution in [3.8, 4) is 0 Å². The van der Waals surface area contributed by atoms with Crippen molar-refractivity contribution in [2.24, 2.45) is 4.99 Å². The molecule has 154 valence electrons. The monoisotopic (exact) mass is 403 g/mol. The highest BCUT2D eigenvalue weighted by Crippen LogP contribution is 2.39. The van der Waals surface area contributed by atoms with Gasteiger partial charge in [-0.15, -0.1) is 0 Å². The summed E-state index contributed by atoms with van der Waals surface area (Å²) in [7, 11) is 0. The lowest BCUT2D eigenvalue weighted by Gasteiger charge is -2.33. The van der Waals surface area contributed by atoms with Crippen LogP contribution in [0, 0.1) is 0 Å². The number of imidazole rings is 1. The highest BCUT2D eigenvalue weighted by Gasteiger charge is 2.26. The second kappa shape index (κ2) is 7.28. The van der Waals surface area contributed by atoms with Gasteiger partial charge in [0, 0.05) is 54.5 Å². The fourth-order valence-electron chi connectivity index (χ4n) is 4.26. The van der Waals surface area contributed by atoms with Crippen LogP contribution in [-0.4, -0.2) is 58.4 Å². The molecule has 2 aromatic heterocycles. The zero-order valence-corrected chi connectivity index (χ0v) is 16.9. The Bertz CT molecular complexity index is 1070. The maximum Gasteiger partial charge on any atom is 0.175 e. The highest BCUT2D eigenvalue weighted by atomic mass is 16.5. The lowest BCUT2D eigenvalue weighted by atomic mass is 10.2. The number of aliphatic imine (C=N–C) groups is 1. The highest BCUT2D eigenvalue weighted by molar-refractivity contribution is 5.92. The van der Waals surface area contributed by atoms with E-state index in [1.54, 1.807) is 0 Å². The Balaban J connectivity index is 1.30. The van der Waals surface area contributed by atoms with Gasteiger partial charge in [-0.05, 0) is 31.0 Å². The summed E-state index contributed by atoms with van der Waals surface area (Å²) in [6.07, 6.45) is 6.33. The normalized spacial score (nSPS) is 20.6. The molecule has 8 heteroatoms. The van der Waals surface area contributed by atoms with Crippen LogP contribution < -0.4 is 9.80 Å². The number of morpholine rings is 1. The molecule has 30 heavy (non-hydrogen) atoms. The molecule has 0 radical (unpaired) electrons. The third-order valence-electron chi connectivity index (χ3n) is 6.08. The van der Waals surface area contributed by atoms with Gasteiger partial charge >= 0.3 is 0 Å². The number of hydrogen-bond donors (Lipinski definition) is 1. The second-order valence-electron chi connectivity index (χ2n) is 8.17. The SMILES string of the molecule is c1cc(N2CCOCC2)cc(N2CC(=Nc3cc(C4CC4)[nH]n3)n3ccnc3C2)c1. The van der Waals surface area contributed by atoms with Crippen LogP contribution in [-0.2, 0) is 11.3 Å². The van der Waals surface area contributed by atoms with Gasteiger partial charge in [0.05, 0.1) is 26.3 Å². The third-order valence-corrected chi connectivity index (χ3v) is 6.08. The molecule has 4 heterocycles. The zero-order valence-electron chi connectivity index (χ0n) is 16.9. The summed E-state index contributed by atoms with van der Waals surface area (Å²) in [5.41, 5.74) is 3.62. The Morgan fingerprint density at radius 3 is 2.70 bits per heavy atom. The van der Waals surface area contributed by atoms with Crippen LogP contribution in [0.1, 0.15) is 30.3 Å². The van der Waals surface area contributed by atoms with Crippen LogP contribution in [0.3, 0.4) is 0 Å². The summed E-state index contributed by atoms with van der Waals surface area (Å²) in [4.78, 5) is 14.2. The number of benzene rings is 1. The van der Waals surface area contributed by atoms with Crippen LogP contribution in [0.15, 0.2) is 47.7 Å². The van der Waals surface area contributed by atoms with Crippen molar-refractivity contribution in [1.29, 1.82) is 0 Å². The molecular formula is C22H25N7O. The first kappa shape index (κ1) is 17.7. The van der Waals surface area contributed by atoms with Gasteiger partial charge in [-0.3, -0.25) is 9.67 Å². The lowest BCUT2D eigenvalue weighted by molar-refractivity contribution is 0.122. The maximum absolute atomic E-state index is 5.50. The van der Waals surface area contributed by atoms with Crippen molar-refractivity contribution in [2.75, 3.05) is 42.6 Å². The summed E-state index contributed by atoms with van der Waals surface area (Å²) in [5.74, 6) is 3.32. The number of nitrogens with zero attached hydrogens (tertiary/aromatic N) is 6. The second-order valence-corrected chi connectivity index (χ2v) is 8.17. The molecule has 1 saturated carbocycles. The van der Waals surface area contributed by atoms with E-state index in [2.05, 4.69) is 59.9 Å². The van der Waals surface area contributed by atoms with E-state index >= 15 is 0 Å². The molecule has 1 aliphatic carbocycles. The van der Waals surface area contributed by atoms with Crippen LogP contribution in [0.5, 0.6) is 0 Å². The topological polar surface area (TPSA) is 74.6 Å². The fraction of sp³-hybridized carbons (Fsp3) is 0.409. The molecule has 2 fully saturated rings. The molecule has 0 bridgehead atoms. The summed E-state index contributed by atoms with van der Waals surface area (Å²) >= 11 is 0. The van der Waals surface area contributed by atoms with Gasteiger partial charge in [-0.1, -0.05) is 6.07 Å². The Kier molecular flexibility index (Phi) is 4.30. The van der Waals surface area contributed by atoms with Crippen molar-refractivity contribution in [3.05, 3.63) is 54.2 Å². The van der Waals surface area contributed by atoms with E-state index in [0.717, 1.165) is 50.3 Å². The Hall–Kier alpha value is -3.13. The molecule has 0 amide bonds. The minimum absolute atomic E-state index is 0.640. The average molecular weight is 403 g/mol. The molecule has 1 saturated heterocycles. The van der Waals surface area contributed by atoms with E-state index < -0.39 is 0 Å². The standard InChI is InChI=1S/C22H25N7O/c1-2-17(27-8-10-30-11-9-27)12-18(3-1)28-14-21-23-6-7-29(21)22(15-28)24-20-13-19(25-26-20)16-4-5-16/h1-3,6-7,12-13,16H,4-5,8-11,14-15H2,(H,25,26). The smallest absolute Gasteiger partial charge is 0.175 e. The first-order chi connectivity index (χ1) is 14.8. The van der Waals surface area contributed by atoms with Crippen LogP contribution in [0.4, 0.5) is 17.2 Å². The van der Waals surface area contributed by atoms with Gasteiger partial charge in [0.15, 0.2) is 5.82 Å². The van der Waals surface area contributed by atoms with E-state index in [0.29, 0.717) is 12.5 Å². The number of hydrogen-bond acceptors (Lipinski definition) is 6. The molecule has 0 unspecified atom stereocenters. The number of aromatic nitrogens is 4. The predicted molar refractivity (Wildman–Crippen MR) is 116 cm³/mol. The first-order valence-electron chi connectivity index (χ1n) is 10.7. The number of H-pyrrole nitrogens is 1. The summed E-state index contributed by atoms with van der Waals surface area (Å²) in [6.45, 7) is 4.91. The number of nitrogens with one attached hydrogen (secondary N) is 1. The van der Waals surface area contributed by atoms with Crippen LogP contribution in [0.25, 0.3) is 0 Å². The average Bonchev–Trinajstić information content (AvgIpc) is 3.34. The number of anilines is 2. The van der Waals surface area contributed by atoms with Crippen molar-refractivity contribution >= 4 is 23.0 Å².